The smallest absolute Gasteiger partial charge is 0.315 e. The molecule has 0 aromatic heterocycles. The lowest BCUT2D eigenvalue weighted by atomic mass is 10.1. The van der Waals surface area contributed by atoms with E-state index in [-0.39, 0.29) is 13.1 Å². The number of urea groups is 1. The van der Waals surface area contributed by atoms with Crippen LogP contribution in [0, 0.1) is 18.3 Å². The second kappa shape index (κ2) is 8.88. The molecule has 0 heterocycles. The highest BCUT2D eigenvalue weighted by atomic mass is 32.2. The summed E-state index contributed by atoms with van der Waals surface area (Å²) in [6.07, 6.45) is 0.962. The molecule has 3 amide bonds. The molecule has 24 heavy (non-hydrogen) atoms. The molecule has 0 bridgehead atoms. The molecule has 1 rings (SSSR count). The van der Waals surface area contributed by atoms with Crippen LogP contribution >= 0.6 is 0 Å². The fourth-order valence-corrected chi connectivity index (χ4v) is 2.67. The maximum Gasteiger partial charge on any atom is 0.315 e. The van der Waals surface area contributed by atoms with Crippen molar-refractivity contribution in [2.24, 2.45) is 0 Å². The van der Waals surface area contributed by atoms with Gasteiger partial charge in [-0.3, -0.25) is 4.79 Å². The van der Waals surface area contributed by atoms with E-state index in [9.17, 15) is 18.0 Å². The molecule has 8 nitrogen and oxygen atoms in total. The molecular formula is C15H20N4O4S. The van der Waals surface area contributed by atoms with Crippen molar-refractivity contribution in [1.29, 1.82) is 5.26 Å². The van der Waals surface area contributed by atoms with E-state index in [2.05, 4.69) is 16.0 Å². The molecule has 1 unspecified atom stereocenters. The van der Waals surface area contributed by atoms with Crippen molar-refractivity contribution in [2.75, 3.05) is 18.6 Å². The Labute approximate surface area is 141 Å². The number of nitrogens with zero attached hydrogens (tertiary/aromatic N) is 1. The lowest BCUT2D eigenvalue weighted by molar-refractivity contribution is -0.122. The van der Waals surface area contributed by atoms with Crippen LogP contribution in [0.3, 0.4) is 0 Å². The molecular weight excluding hydrogens is 332 g/mol. The zero-order valence-corrected chi connectivity index (χ0v) is 14.3. The number of hydrogen-bond acceptors (Lipinski definition) is 5. The normalized spacial score (nSPS) is 11.9. The number of sulfone groups is 1. The van der Waals surface area contributed by atoms with Crippen LogP contribution in [0.2, 0.25) is 0 Å². The van der Waals surface area contributed by atoms with Gasteiger partial charge < -0.3 is 16.0 Å². The van der Waals surface area contributed by atoms with Gasteiger partial charge in [0.1, 0.15) is 22.4 Å². The molecule has 130 valence electrons. The molecule has 1 aromatic rings. The Morgan fingerprint density at radius 2 is 1.83 bits per heavy atom. The predicted octanol–water partition coefficient (Wildman–Crippen LogP) is -0.153. The lowest BCUT2D eigenvalue weighted by Gasteiger charge is -2.17. The first-order valence-corrected chi connectivity index (χ1v) is 9.19. The number of nitriles is 1. The number of rotatable bonds is 7. The molecule has 0 saturated carbocycles. The second-order valence-electron chi connectivity index (χ2n) is 5.33. The fourth-order valence-electron chi connectivity index (χ4n) is 1.83. The highest BCUT2D eigenvalue weighted by Crippen LogP contribution is 2.02. The molecule has 0 saturated heterocycles. The number of benzene rings is 1. The van der Waals surface area contributed by atoms with E-state index in [0.717, 1.165) is 17.4 Å². The van der Waals surface area contributed by atoms with E-state index in [0.29, 0.717) is 0 Å². The molecule has 0 spiro atoms. The minimum absolute atomic E-state index is 0.234. The predicted molar refractivity (Wildman–Crippen MR) is 88.7 cm³/mol. The largest absolute Gasteiger partial charge is 0.341 e. The lowest BCUT2D eigenvalue weighted by Crippen LogP contribution is -2.52. The first kappa shape index (κ1) is 19.4. The van der Waals surface area contributed by atoms with Crippen LogP contribution in [-0.2, 0) is 21.2 Å². The van der Waals surface area contributed by atoms with Crippen LogP contribution in [0.1, 0.15) is 11.1 Å². The first-order chi connectivity index (χ1) is 11.2. The van der Waals surface area contributed by atoms with E-state index in [1.54, 1.807) is 6.07 Å². The van der Waals surface area contributed by atoms with Gasteiger partial charge in [0.05, 0.1) is 11.8 Å². The van der Waals surface area contributed by atoms with Gasteiger partial charge in [-0.15, -0.1) is 0 Å². The van der Waals surface area contributed by atoms with Crippen molar-refractivity contribution < 1.29 is 18.0 Å². The van der Waals surface area contributed by atoms with Gasteiger partial charge in [-0.2, -0.15) is 5.26 Å². The van der Waals surface area contributed by atoms with E-state index >= 15 is 0 Å². The van der Waals surface area contributed by atoms with E-state index in [1.165, 1.54) is 0 Å². The maximum atomic E-state index is 11.9. The van der Waals surface area contributed by atoms with Crippen molar-refractivity contribution >= 4 is 21.8 Å². The van der Waals surface area contributed by atoms with Gasteiger partial charge in [-0.1, -0.05) is 29.8 Å². The van der Waals surface area contributed by atoms with Gasteiger partial charge in [0, 0.05) is 12.8 Å². The average molecular weight is 352 g/mol. The molecule has 0 fully saturated rings. The van der Waals surface area contributed by atoms with Crippen molar-refractivity contribution in [2.45, 2.75) is 19.5 Å². The van der Waals surface area contributed by atoms with Crippen LogP contribution in [-0.4, -0.2) is 45.0 Å². The van der Waals surface area contributed by atoms with Gasteiger partial charge in [0.25, 0.3) is 0 Å². The van der Waals surface area contributed by atoms with E-state index in [1.807, 2.05) is 31.2 Å². The van der Waals surface area contributed by atoms with Gasteiger partial charge in [-0.25, -0.2) is 13.2 Å². The Hall–Kier alpha value is -2.60. The number of carbonyl (C=O) groups excluding carboxylic acids is 2. The third kappa shape index (κ3) is 7.60. The summed E-state index contributed by atoms with van der Waals surface area (Å²) in [5.41, 5.74) is 1.95. The highest BCUT2D eigenvalue weighted by molar-refractivity contribution is 7.90. The maximum absolute atomic E-state index is 11.9. The van der Waals surface area contributed by atoms with Crippen LogP contribution < -0.4 is 16.0 Å². The van der Waals surface area contributed by atoms with Gasteiger partial charge in [0.2, 0.25) is 5.91 Å². The third-order valence-corrected chi connectivity index (χ3v) is 3.95. The van der Waals surface area contributed by atoms with Gasteiger partial charge in [-0.05, 0) is 12.5 Å². The molecule has 9 heteroatoms. The topological polar surface area (TPSA) is 128 Å². The van der Waals surface area contributed by atoms with E-state index < -0.39 is 33.6 Å². The fraction of sp³-hybridized carbons (Fsp3) is 0.400. The summed E-state index contributed by atoms with van der Waals surface area (Å²) in [5.74, 6) is -1.28. The SMILES string of the molecule is Cc1ccc(CNC(=O)NC(CS(C)(=O)=O)C(=O)NCC#N)cc1. The van der Waals surface area contributed by atoms with Crippen molar-refractivity contribution in [3.8, 4) is 6.07 Å². The minimum Gasteiger partial charge on any atom is -0.341 e. The van der Waals surface area contributed by atoms with Gasteiger partial charge in [0.15, 0.2) is 0 Å². The summed E-state index contributed by atoms with van der Waals surface area (Å²) in [4.78, 5) is 23.8. The second-order valence-corrected chi connectivity index (χ2v) is 7.52. The van der Waals surface area contributed by atoms with Crippen LogP contribution in [0.15, 0.2) is 24.3 Å². The zero-order valence-electron chi connectivity index (χ0n) is 13.5. The minimum atomic E-state index is -3.50. The number of amides is 3. The Morgan fingerprint density at radius 1 is 1.21 bits per heavy atom. The molecule has 0 radical (unpaired) electrons. The average Bonchev–Trinajstić information content (AvgIpc) is 2.50. The first-order valence-electron chi connectivity index (χ1n) is 7.13. The number of hydrogen-bond donors (Lipinski definition) is 3. The summed E-state index contributed by atoms with van der Waals surface area (Å²) < 4.78 is 22.8. The Bertz CT molecular complexity index is 723. The molecule has 0 aliphatic rings. The Kier molecular flexibility index (Phi) is 7.20. The standard InChI is InChI=1S/C15H20N4O4S/c1-11-3-5-12(6-4-11)9-18-15(21)19-13(10-24(2,22)23)14(20)17-8-7-16/h3-6,13H,8-10H2,1-2H3,(H,17,20)(H2,18,19,21). The Balaban J connectivity index is 2.63. The van der Waals surface area contributed by atoms with Crippen LogP contribution in [0.5, 0.6) is 0 Å². The van der Waals surface area contributed by atoms with Gasteiger partial charge >= 0.3 is 6.03 Å². The quantitative estimate of drug-likeness (QED) is 0.588. The van der Waals surface area contributed by atoms with Crippen molar-refractivity contribution in [1.82, 2.24) is 16.0 Å². The Morgan fingerprint density at radius 3 is 2.38 bits per heavy atom. The monoisotopic (exact) mass is 352 g/mol. The molecule has 1 aromatic carbocycles. The van der Waals surface area contributed by atoms with Crippen molar-refractivity contribution in [3.05, 3.63) is 35.4 Å². The summed E-state index contributed by atoms with van der Waals surface area (Å²) >= 11 is 0. The van der Waals surface area contributed by atoms with Crippen molar-refractivity contribution in [3.63, 3.8) is 0 Å². The highest BCUT2D eigenvalue weighted by Gasteiger charge is 2.24. The summed E-state index contributed by atoms with van der Waals surface area (Å²) in [6.45, 7) is 1.91. The van der Waals surface area contributed by atoms with E-state index in [4.69, 9.17) is 5.26 Å². The summed E-state index contributed by atoms with van der Waals surface area (Å²) in [7, 11) is -3.50. The molecule has 3 N–H and O–H groups in total. The van der Waals surface area contributed by atoms with Crippen LogP contribution in [0.25, 0.3) is 0 Å². The summed E-state index contributed by atoms with van der Waals surface area (Å²) in [6, 6.07) is 7.27. The molecule has 0 aliphatic carbocycles. The molecule has 1 atom stereocenters. The number of carbonyl (C=O) groups is 2. The number of aryl methyl sites for hydroxylation is 1. The third-order valence-electron chi connectivity index (χ3n) is 3.01. The number of nitrogens with one attached hydrogen (secondary N) is 3. The van der Waals surface area contributed by atoms with Crippen LogP contribution in [0.4, 0.5) is 4.79 Å². The molecule has 0 aliphatic heterocycles. The zero-order chi connectivity index (χ0) is 18.2. The summed E-state index contributed by atoms with van der Waals surface area (Å²) in [5, 5.41) is 15.6.